The highest BCUT2D eigenvalue weighted by atomic mass is 35.5. The van der Waals surface area contributed by atoms with Gasteiger partial charge in [0.15, 0.2) is 0 Å². The molecule has 0 saturated carbocycles. The maximum atomic E-state index is 12.6. The highest BCUT2D eigenvalue weighted by Gasteiger charge is 2.28. The van der Waals surface area contributed by atoms with Gasteiger partial charge in [0.1, 0.15) is 23.8 Å². The Kier molecular flexibility index (Phi) is 4.07. The molecule has 1 aliphatic heterocycles. The molecule has 1 atom stereocenters. The van der Waals surface area contributed by atoms with Gasteiger partial charge in [-0.15, -0.1) is 0 Å². The Morgan fingerprint density at radius 1 is 1.45 bits per heavy atom. The number of benzene rings is 1. The van der Waals surface area contributed by atoms with Crippen LogP contribution >= 0.6 is 11.6 Å². The molecule has 0 radical (unpaired) electrons. The normalized spacial score (nSPS) is 16.8. The molecule has 1 aromatic heterocycles. The summed E-state index contributed by atoms with van der Waals surface area (Å²) < 4.78 is 10.7. The molecule has 0 spiro atoms. The Balaban J connectivity index is 1.68. The quantitative estimate of drug-likeness (QED) is 0.872. The molecule has 0 unspecified atom stereocenters. The minimum Gasteiger partial charge on any atom is -0.492 e. The lowest BCUT2D eigenvalue weighted by Gasteiger charge is -2.28. The molecule has 0 aliphatic carbocycles. The summed E-state index contributed by atoms with van der Waals surface area (Å²) in [6.07, 6.45) is 0.636. The van der Waals surface area contributed by atoms with Gasteiger partial charge in [-0.3, -0.25) is 4.79 Å². The number of fused-ring (bicyclic) bond motifs is 1. The summed E-state index contributed by atoms with van der Waals surface area (Å²) in [5, 5.41) is 4.57. The van der Waals surface area contributed by atoms with Gasteiger partial charge in [0.25, 0.3) is 0 Å². The molecule has 1 aromatic carbocycles. The summed E-state index contributed by atoms with van der Waals surface area (Å²) in [5.74, 6) is 1.37. The highest BCUT2D eigenvalue weighted by molar-refractivity contribution is 6.30. The van der Waals surface area contributed by atoms with E-state index in [1.165, 1.54) is 0 Å². The predicted octanol–water partition coefficient (Wildman–Crippen LogP) is 2.85. The molecule has 1 amide bonds. The van der Waals surface area contributed by atoms with E-state index >= 15 is 0 Å². The fourth-order valence-electron chi connectivity index (χ4n) is 2.65. The molecule has 0 bridgehead atoms. The summed E-state index contributed by atoms with van der Waals surface area (Å²) in [6.45, 7) is 2.64. The number of hydrogen-bond acceptors (Lipinski definition) is 4. The van der Waals surface area contributed by atoms with Crippen LogP contribution < -0.4 is 4.74 Å². The Morgan fingerprint density at radius 2 is 2.27 bits per heavy atom. The standard InChI is InChI=1S/C16H17ClN2O3/c1-10-5-14(18-22-10)8-19(2)16(20)12-6-11-7-13(17)3-4-15(11)21-9-12/h3-5,7,12H,6,8-9H2,1-2H3/t12-/m0/s1. The van der Waals surface area contributed by atoms with E-state index in [2.05, 4.69) is 5.16 Å². The maximum absolute atomic E-state index is 12.6. The summed E-state index contributed by atoms with van der Waals surface area (Å²) in [5.41, 5.74) is 1.72. The molecule has 6 heteroatoms. The lowest BCUT2D eigenvalue weighted by atomic mass is 9.95. The van der Waals surface area contributed by atoms with Crippen molar-refractivity contribution in [3.63, 3.8) is 0 Å². The van der Waals surface area contributed by atoms with Crippen molar-refractivity contribution in [3.8, 4) is 5.75 Å². The van der Waals surface area contributed by atoms with Crippen LogP contribution in [0.4, 0.5) is 0 Å². The van der Waals surface area contributed by atoms with Crippen LogP contribution in [0.15, 0.2) is 28.8 Å². The first-order chi connectivity index (χ1) is 10.5. The number of amides is 1. The van der Waals surface area contributed by atoms with Gasteiger partial charge in [-0.1, -0.05) is 16.8 Å². The number of rotatable bonds is 3. The average molecular weight is 321 g/mol. The van der Waals surface area contributed by atoms with Crippen LogP contribution in [-0.4, -0.2) is 29.6 Å². The first-order valence-corrected chi connectivity index (χ1v) is 7.49. The zero-order valence-corrected chi connectivity index (χ0v) is 13.3. The van der Waals surface area contributed by atoms with Gasteiger partial charge >= 0.3 is 0 Å². The first-order valence-electron chi connectivity index (χ1n) is 7.11. The number of nitrogens with zero attached hydrogens (tertiary/aromatic N) is 2. The zero-order chi connectivity index (χ0) is 15.7. The summed E-state index contributed by atoms with van der Waals surface area (Å²) in [7, 11) is 1.76. The number of aryl methyl sites for hydroxylation is 1. The number of ether oxygens (including phenoxy) is 1. The van der Waals surface area contributed by atoms with E-state index < -0.39 is 0 Å². The lowest BCUT2D eigenvalue weighted by Crippen LogP contribution is -2.38. The van der Waals surface area contributed by atoms with Crippen molar-refractivity contribution in [1.82, 2.24) is 10.1 Å². The van der Waals surface area contributed by atoms with E-state index in [0.717, 1.165) is 22.8 Å². The van der Waals surface area contributed by atoms with Crippen LogP contribution in [0.1, 0.15) is 17.0 Å². The second-order valence-electron chi connectivity index (χ2n) is 5.59. The van der Waals surface area contributed by atoms with Gasteiger partial charge in [-0.25, -0.2) is 0 Å². The van der Waals surface area contributed by atoms with Crippen LogP contribution in [0.5, 0.6) is 5.75 Å². The first kappa shape index (κ1) is 14.9. The van der Waals surface area contributed by atoms with Crippen LogP contribution in [0.3, 0.4) is 0 Å². The van der Waals surface area contributed by atoms with E-state index in [1.54, 1.807) is 18.0 Å². The second-order valence-corrected chi connectivity index (χ2v) is 6.02. The smallest absolute Gasteiger partial charge is 0.229 e. The van der Waals surface area contributed by atoms with Gasteiger partial charge < -0.3 is 14.2 Å². The van der Waals surface area contributed by atoms with Crippen molar-refractivity contribution in [2.24, 2.45) is 5.92 Å². The second kappa shape index (κ2) is 6.01. The van der Waals surface area contributed by atoms with Crippen molar-refractivity contribution in [3.05, 3.63) is 46.3 Å². The molecule has 3 rings (SSSR count). The van der Waals surface area contributed by atoms with E-state index in [9.17, 15) is 4.79 Å². The summed E-state index contributed by atoms with van der Waals surface area (Å²) in [6, 6.07) is 7.33. The van der Waals surface area contributed by atoms with Crippen molar-refractivity contribution < 1.29 is 14.1 Å². The third-order valence-electron chi connectivity index (χ3n) is 3.73. The molecule has 0 fully saturated rings. The largest absolute Gasteiger partial charge is 0.492 e. The highest BCUT2D eigenvalue weighted by Crippen LogP contribution is 2.30. The van der Waals surface area contributed by atoms with Gasteiger partial charge in [0, 0.05) is 18.1 Å². The molecule has 5 nitrogen and oxygen atoms in total. The SMILES string of the molecule is Cc1cc(CN(C)C(=O)[C@@H]2COc3ccc(Cl)cc3C2)no1. The van der Waals surface area contributed by atoms with Gasteiger partial charge in [-0.05, 0) is 37.1 Å². The number of halogens is 1. The van der Waals surface area contributed by atoms with Gasteiger partial charge in [-0.2, -0.15) is 0 Å². The van der Waals surface area contributed by atoms with Crippen LogP contribution in [0.2, 0.25) is 5.02 Å². The van der Waals surface area contributed by atoms with Crippen molar-refractivity contribution in [2.75, 3.05) is 13.7 Å². The van der Waals surface area contributed by atoms with Crippen molar-refractivity contribution in [2.45, 2.75) is 19.9 Å². The Bertz CT molecular complexity index is 698. The number of carbonyl (C=O) groups is 1. The molecule has 2 heterocycles. The number of hydrogen-bond donors (Lipinski definition) is 0. The predicted molar refractivity (Wildman–Crippen MR) is 81.9 cm³/mol. The van der Waals surface area contributed by atoms with Crippen molar-refractivity contribution in [1.29, 1.82) is 0 Å². The Morgan fingerprint density at radius 3 is 3.00 bits per heavy atom. The Labute approximate surface area is 133 Å². The van der Waals surface area contributed by atoms with E-state index in [0.29, 0.717) is 24.6 Å². The number of carbonyl (C=O) groups excluding carboxylic acids is 1. The molecule has 1 aliphatic rings. The molecule has 116 valence electrons. The third kappa shape index (κ3) is 3.09. The van der Waals surface area contributed by atoms with E-state index in [-0.39, 0.29) is 11.8 Å². The zero-order valence-electron chi connectivity index (χ0n) is 12.5. The molecular formula is C16H17ClN2O3. The van der Waals surface area contributed by atoms with E-state index in [1.807, 2.05) is 25.1 Å². The monoisotopic (exact) mass is 320 g/mol. The fraction of sp³-hybridized carbons (Fsp3) is 0.375. The van der Waals surface area contributed by atoms with E-state index in [4.69, 9.17) is 20.9 Å². The summed E-state index contributed by atoms with van der Waals surface area (Å²) >= 11 is 6.01. The van der Waals surface area contributed by atoms with Crippen molar-refractivity contribution >= 4 is 17.5 Å². The topological polar surface area (TPSA) is 55.6 Å². The molecular weight excluding hydrogens is 304 g/mol. The minimum atomic E-state index is -0.205. The van der Waals surface area contributed by atoms with Crippen LogP contribution in [0, 0.1) is 12.8 Å². The molecule has 2 aromatic rings. The van der Waals surface area contributed by atoms with Gasteiger partial charge in [0.05, 0.1) is 12.5 Å². The third-order valence-corrected chi connectivity index (χ3v) is 3.97. The lowest BCUT2D eigenvalue weighted by molar-refractivity contribution is -0.136. The van der Waals surface area contributed by atoms with Crippen LogP contribution in [0.25, 0.3) is 0 Å². The molecule has 0 N–H and O–H groups in total. The minimum absolute atomic E-state index is 0.0336. The summed E-state index contributed by atoms with van der Waals surface area (Å²) in [4.78, 5) is 14.2. The molecule has 0 saturated heterocycles. The van der Waals surface area contributed by atoms with Gasteiger partial charge in [0.2, 0.25) is 5.91 Å². The number of aromatic nitrogens is 1. The van der Waals surface area contributed by atoms with Crippen LogP contribution in [-0.2, 0) is 17.8 Å². The molecule has 22 heavy (non-hydrogen) atoms. The fourth-order valence-corrected chi connectivity index (χ4v) is 2.84. The Hall–Kier alpha value is -2.01. The maximum Gasteiger partial charge on any atom is 0.229 e. The average Bonchev–Trinajstić information content (AvgIpc) is 2.90.